The molecule has 0 spiro atoms. The predicted octanol–water partition coefficient (Wildman–Crippen LogP) is 2.21. The molecule has 0 bridgehead atoms. The summed E-state index contributed by atoms with van der Waals surface area (Å²) in [5.74, 6) is -2.91. The van der Waals surface area contributed by atoms with E-state index in [0.29, 0.717) is 4.90 Å². The van der Waals surface area contributed by atoms with E-state index in [1.165, 1.54) is 7.05 Å². The number of H-pyrrole nitrogens is 1. The molecule has 0 aliphatic carbocycles. The van der Waals surface area contributed by atoms with Crippen molar-refractivity contribution < 1.29 is 34.1 Å². The van der Waals surface area contributed by atoms with Crippen LogP contribution in [-0.2, 0) is 16.0 Å². The number of aromatic amines is 1. The second kappa shape index (κ2) is 5.76. The highest BCUT2D eigenvalue weighted by Gasteiger charge is 2.47. The van der Waals surface area contributed by atoms with Crippen molar-refractivity contribution in [1.82, 2.24) is 14.8 Å². The van der Waals surface area contributed by atoms with Gasteiger partial charge in [0.15, 0.2) is 11.5 Å². The zero-order valence-electron chi connectivity index (χ0n) is 25.9. The number of benzene rings is 2. The molecule has 0 radical (unpaired) electrons. The van der Waals surface area contributed by atoms with Crippen molar-refractivity contribution in [2.24, 2.45) is 0 Å². The maximum atomic E-state index is 13.6. The van der Waals surface area contributed by atoms with E-state index < -0.39 is 108 Å². The van der Waals surface area contributed by atoms with Crippen LogP contribution in [-0.4, -0.2) is 53.0 Å². The lowest BCUT2D eigenvalue weighted by Gasteiger charge is -2.46. The van der Waals surface area contributed by atoms with E-state index in [1.54, 1.807) is 0 Å². The Kier molecular flexibility index (Phi) is 1.77. The first-order chi connectivity index (χ1) is 18.5. The van der Waals surface area contributed by atoms with Crippen molar-refractivity contribution >= 4 is 22.7 Å². The Hall–Kier alpha value is -3.48. The molecule has 2 amide bonds. The van der Waals surface area contributed by atoms with Crippen LogP contribution in [0.3, 0.4) is 0 Å². The van der Waals surface area contributed by atoms with Gasteiger partial charge in [-0.25, -0.2) is 0 Å². The van der Waals surface area contributed by atoms with Crippen molar-refractivity contribution in [2.45, 2.75) is 18.4 Å². The van der Waals surface area contributed by atoms with Crippen molar-refractivity contribution in [3.8, 4) is 11.5 Å². The minimum absolute atomic E-state index is 0.261. The fraction of sp³-hybridized carbons (Fsp3) is 0.273. The van der Waals surface area contributed by atoms with Gasteiger partial charge >= 0.3 is 0 Å². The minimum Gasteiger partial charge on any atom is -0.454 e. The Morgan fingerprint density at radius 1 is 1.21 bits per heavy atom. The van der Waals surface area contributed by atoms with Crippen LogP contribution >= 0.6 is 0 Å². The van der Waals surface area contributed by atoms with Gasteiger partial charge in [-0.3, -0.25) is 9.59 Å². The van der Waals surface area contributed by atoms with Crippen molar-refractivity contribution in [3.63, 3.8) is 0 Å². The molecule has 6 rings (SSSR count). The van der Waals surface area contributed by atoms with Gasteiger partial charge in [0.2, 0.25) is 18.6 Å². The maximum absolute atomic E-state index is 13.6. The van der Waals surface area contributed by atoms with Crippen LogP contribution in [0.1, 0.15) is 37.9 Å². The Balaban J connectivity index is 1.88. The molecule has 1 aromatic heterocycles. The van der Waals surface area contributed by atoms with Crippen LogP contribution in [0, 0.1) is 0 Å². The third-order valence-electron chi connectivity index (χ3n) is 4.93. The molecular formula is C22H19N3O4. The van der Waals surface area contributed by atoms with Gasteiger partial charge in [-0.15, -0.1) is 0 Å². The number of aromatic nitrogens is 1. The van der Waals surface area contributed by atoms with Crippen LogP contribution in [0.2, 0.25) is 0 Å². The van der Waals surface area contributed by atoms with E-state index in [-0.39, 0.29) is 17.0 Å². The first-order valence-corrected chi connectivity index (χ1v) is 8.66. The summed E-state index contributed by atoms with van der Waals surface area (Å²) < 4.78 is 107. The quantitative estimate of drug-likeness (QED) is 0.680. The standard InChI is InChI=1S/C22H19N3O4/c1-24-10-19(26)25-16(22(24)27)9-14-13-4-2-3-5-15(13)23-20(14)21(25)12-6-7-17-18(8-12)29-11-28-17/h2-8,16,21,23H,9-11H2,1H3/t16-,21-/m1/s1/i2D,3D,4D,5D,6D,7D,8D,9D2,16D,21D. The zero-order chi connectivity index (χ0) is 29.4. The lowest BCUT2D eigenvalue weighted by molar-refractivity contribution is -0.157. The number of piperazine rings is 1. The Morgan fingerprint density at radius 2 is 2.03 bits per heavy atom. The molecule has 7 nitrogen and oxygen atoms in total. The van der Waals surface area contributed by atoms with Crippen LogP contribution in [0.25, 0.3) is 10.9 Å². The van der Waals surface area contributed by atoms with E-state index >= 15 is 0 Å². The molecule has 146 valence electrons. The fourth-order valence-electron chi connectivity index (χ4n) is 3.61. The number of nitrogens with zero attached hydrogens (tertiary/aromatic N) is 2. The number of nitrogens with one attached hydrogen (secondary N) is 1. The van der Waals surface area contributed by atoms with E-state index in [4.69, 9.17) is 21.8 Å². The molecule has 1 N–H and O–H groups in total. The molecule has 4 heterocycles. The molecule has 1 fully saturated rings. The van der Waals surface area contributed by atoms with Crippen molar-refractivity contribution in [3.05, 3.63) is 59.1 Å². The van der Waals surface area contributed by atoms with Gasteiger partial charge in [0.1, 0.15) is 6.02 Å². The number of fused-ring (bicyclic) bond motifs is 5. The van der Waals surface area contributed by atoms with E-state index in [2.05, 4.69) is 4.98 Å². The van der Waals surface area contributed by atoms with Gasteiger partial charge in [-0.2, -0.15) is 0 Å². The first-order valence-electron chi connectivity index (χ1n) is 14.2. The van der Waals surface area contributed by atoms with E-state index in [1.807, 2.05) is 0 Å². The molecule has 0 saturated carbocycles. The van der Waals surface area contributed by atoms with Crippen LogP contribution in [0.15, 0.2) is 42.3 Å². The summed E-state index contributed by atoms with van der Waals surface area (Å²) in [5, 5.41) is -0.452. The maximum Gasteiger partial charge on any atom is 0.245 e. The third kappa shape index (κ3) is 2.24. The molecule has 0 unspecified atom stereocenters. The number of carbonyl (C=O) groups is 2. The third-order valence-corrected chi connectivity index (χ3v) is 4.93. The predicted molar refractivity (Wildman–Crippen MR) is 105 cm³/mol. The number of carbonyl (C=O) groups excluding carboxylic acids is 2. The Bertz CT molecular complexity index is 1730. The van der Waals surface area contributed by atoms with Gasteiger partial charge in [-0.05, 0) is 29.3 Å². The number of likely N-dealkylation sites (N-methyl/N-ethyl adjacent to an activating group) is 1. The molecular weight excluding hydrogens is 370 g/mol. The molecule has 2 aromatic carbocycles. The van der Waals surface area contributed by atoms with Gasteiger partial charge in [0.05, 0.1) is 24.9 Å². The molecule has 3 aromatic rings. The summed E-state index contributed by atoms with van der Waals surface area (Å²) in [5.41, 5.74) is -2.33. The summed E-state index contributed by atoms with van der Waals surface area (Å²) in [6.07, 6.45) is -3.17. The SMILES string of the molecule is [2H]c1c([2H])c([C@]2([2H])c3[nH]c4c([2H])c([2H])c([2H])c([2H])c4c3C([2H])([2H])[C@]3([2H])C(=O)N(C)CC(=O)N23)c([2H])c2c1OCO2. The Labute approximate surface area is 182 Å². The smallest absolute Gasteiger partial charge is 0.245 e. The van der Waals surface area contributed by atoms with E-state index in [0.717, 1.165) is 4.90 Å². The van der Waals surface area contributed by atoms with Gasteiger partial charge in [-0.1, -0.05) is 24.2 Å². The lowest BCUT2D eigenvalue weighted by Crippen LogP contribution is -2.62. The Morgan fingerprint density at radius 3 is 2.93 bits per heavy atom. The number of rotatable bonds is 1. The normalized spacial score (nSPS) is 35.0. The molecule has 7 heteroatoms. The second-order valence-corrected chi connectivity index (χ2v) is 6.65. The highest BCUT2D eigenvalue weighted by Crippen LogP contribution is 2.44. The summed E-state index contributed by atoms with van der Waals surface area (Å²) in [4.78, 5) is 31.0. The second-order valence-electron chi connectivity index (χ2n) is 6.65. The van der Waals surface area contributed by atoms with Crippen LogP contribution in [0.5, 0.6) is 11.5 Å². The fourth-order valence-corrected chi connectivity index (χ4v) is 3.61. The molecule has 2 atom stereocenters. The minimum atomic E-state index is -3.23. The highest BCUT2D eigenvalue weighted by atomic mass is 16.7. The molecule has 1 saturated heterocycles. The number of ether oxygens (including phenoxy) is 2. The van der Waals surface area contributed by atoms with Crippen molar-refractivity contribution in [2.75, 3.05) is 20.4 Å². The highest BCUT2D eigenvalue weighted by molar-refractivity contribution is 5.97. The molecule has 3 aliphatic rings. The number of amides is 2. The zero-order valence-corrected chi connectivity index (χ0v) is 14.9. The first kappa shape index (κ1) is 8.90. The molecule has 3 aliphatic heterocycles. The number of hydrogen-bond acceptors (Lipinski definition) is 4. The van der Waals surface area contributed by atoms with Crippen molar-refractivity contribution in [1.29, 1.82) is 0 Å². The summed E-state index contributed by atoms with van der Waals surface area (Å²) >= 11 is 0. The van der Waals surface area contributed by atoms with E-state index in [9.17, 15) is 12.3 Å². The largest absolute Gasteiger partial charge is 0.454 e. The summed E-state index contributed by atoms with van der Waals surface area (Å²) in [6, 6.07) is -11.1. The topological polar surface area (TPSA) is 74.9 Å². The average Bonchev–Trinajstić information content (AvgIpc) is 3.54. The van der Waals surface area contributed by atoms with Gasteiger partial charge < -0.3 is 24.3 Å². The monoisotopic (exact) mass is 400 g/mol. The van der Waals surface area contributed by atoms with Gasteiger partial charge in [0.25, 0.3) is 0 Å². The average molecular weight is 400 g/mol. The number of para-hydroxylation sites is 1. The summed E-state index contributed by atoms with van der Waals surface area (Å²) in [7, 11) is 1.17. The molecule has 29 heavy (non-hydrogen) atoms. The van der Waals surface area contributed by atoms with Crippen LogP contribution in [0.4, 0.5) is 0 Å². The summed E-state index contributed by atoms with van der Waals surface area (Å²) in [6.45, 7) is -1.08. The number of hydrogen-bond donors (Lipinski definition) is 1. The van der Waals surface area contributed by atoms with Gasteiger partial charge in [0, 0.05) is 32.8 Å². The van der Waals surface area contributed by atoms with Crippen LogP contribution < -0.4 is 9.47 Å². The lowest BCUT2D eigenvalue weighted by atomic mass is 9.86.